The highest BCUT2D eigenvalue weighted by Crippen LogP contribution is 2.30. The van der Waals surface area contributed by atoms with Gasteiger partial charge in [-0.25, -0.2) is 9.59 Å². The number of hydrogen-bond acceptors (Lipinski definition) is 7. The number of esters is 1. The van der Waals surface area contributed by atoms with Gasteiger partial charge in [-0.3, -0.25) is 4.90 Å². The highest BCUT2D eigenvalue weighted by molar-refractivity contribution is 5.95. The van der Waals surface area contributed by atoms with Gasteiger partial charge in [-0.1, -0.05) is 12.1 Å². The van der Waals surface area contributed by atoms with Gasteiger partial charge in [0.15, 0.2) is 0 Å². The van der Waals surface area contributed by atoms with Crippen molar-refractivity contribution in [2.24, 2.45) is 0 Å². The van der Waals surface area contributed by atoms with Crippen LogP contribution in [0.3, 0.4) is 0 Å². The number of anilines is 1. The number of nitrogens with zero attached hydrogens (tertiary/aromatic N) is 2. The molecule has 37 heavy (non-hydrogen) atoms. The van der Waals surface area contributed by atoms with Crippen molar-refractivity contribution in [2.45, 2.75) is 32.9 Å². The normalized spacial score (nSPS) is 18.4. The van der Waals surface area contributed by atoms with Crippen LogP contribution in [0.1, 0.15) is 32.4 Å². The highest BCUT2D eigenvalue weighted by Gasteiger charge is 2.34. The molecular formula is C28H36N4O5. The van der Waals surface area contributed by atoms with E-state index in [1.54, 1.807) is 14.0 Å². The van der Waals surface area contributed by atoms with Crippen molar-refractivity contribution in [1.82, 2.24) is 15.5 Å². The van der Waals surface area contributed by atoms with Crippen molar-refractivity contribution in [3.8, 4) is 11.5 Å². The molecule has 2 aliphatic rings. The molecule has 0 aliphatic carbocycles. The quantitative estimate of drug-likeness (QED) is 0.501. The van der Waals surface area contributed by atoms with Gasteiger partial charge in [0.25, 0.3) is 0 Å². The number of ether oxygens (including phenoxy) is 3. The fourth-order valence-electron chi connectivity index (χ4n) is 4.63. The van der Waals surface area contributed by atoms with Crippen LogP contribution in [0.15, 0.2) is 59.8 Å². The maximum Gasteiger partial charge on any atom is 0.338 e. The van der Waals surface area contributed by atoms with E-state index in [4.69, 9.17) is 14.2 Å². The molecule has 2 N–H and O–H groups in total. The van der Waals surface area contributed by atoms with E-state index in [0.29, 0.717) is 17.8 Å². The van der Waals surface area contributed by atoms with E-state index < -0.39 is 12.0 Å². The zero-order chi connectivity index (χ0) is 26.4. The van der Waals surface area contributed by atoms with Gasteiger partial charge in [0.2, 0.25) is 0 Å². The molecule has 0 spiro atoms. The smallest absolute Gasteiger partial charge is 0.338 e. The van der Waals surface area contributed by atoms with Crippen LogP contribution in [-0.2, 0) is 9.53 Å². The monoisotopic (exact) mass is 508 g/mol. The minimum absolute atomic E-state index is 0.0520. The van der Waals surface area contributed by atoms with Gasteiger partial charge in [0.1, 0.15) is 11.5 Å². The van der Waals surface area contributed by atoms with Gasteiger partial charge in [-0.05, 0) is 62.7 Å². The number of urea groups is 1. The number of methoxy groups -OCH3 is 1. The summed E-state index contributed by atoms with van der Waals surface area (Å²) in [6.07, 6.45) is 0.0520. The molecule has 9 nitrogen and oxygen atoms in total. The molecule has 1 atom stereocenters. The zero-order valence-corrected chi connectivity index (χ0v) is 22.0. The Hall–Kier alpha value is -3.72. The number of carbonyl (C=O) groups is 2. The fraction of sp³-hybridized carbons (Fsp3) is 0.429. The van der Waals surface area contributed by atoms with Gasteiger partial charge < -0.3 is 29.7 Å². The summed E-state index contributed by atoms with van der Waals surface area (Å²) in [6.45, 7) is 9.65. The minimum atomic E-state index is -0.614. The molecule has 0 aromatic heterocycles. The molecular weight excluding hydrogens is 472 g/mol. The van der Waals surface area contributed by atoms with E-state index in [2.05, 4.69) is 32.6 Å². The van der Waals surface area contributed by atoms with Crippen LogP contribution in [0.25, 0.3) is 0 Å². The highest BCUT2D eigenvalue weighted by atomic mass is 16.5. The second-order valence-corrected chi connectivity index (χ2v) is 9.34. The van der Waals surface area contributed by atoms with E-state index in [-0.39, 0.29) is 18.7 Å². The first-order valence-electron chi connectivity index (χ1n) is 12.7. The Balaban J connectivity index is 1.52. The number of piperazine rings is 1. The third kappa shape index (κ3) is 6.54. The molecule has 198 valence electrons. The lowest BCUT2D eigenvalue weighted by Crippen LogP contribution is -2.51. The Labute approximate surface area is 218 Å². The first-order chi connectivity index (χ1) is 17.9. The average Bonchev–Trinajstić information content (AvgIpc) is 2.89. The Morgan fingerprint density at radius 1 is 1.00 bits per heavy atom. The largest absolute Gasteiger partial charge is 0.497 e. The summed E-state index contributed by atoms with van der Waals surface area (Å²) in [5, 5.41) is 5.78. The van der Waals surface area contributed by atoms with Crippen molar-refractivity contribution in [2.75, 3.05) is 51.3 Å². The van der Waals surface area contributed by atoms with Gasteiger partial charge in [-0.15, -0.1) is 0 Å². The number of hydrogen-bond donors (Lipinski definition) is 2. The van der Waals surface area contributed by atoms with Crippen LogP contribution >= 0.6 is 0 Å². The van der Waals surface area contributed by atoms with Crippen LogP contribution in [0.5, 0.6) is 11.5 Å². The topological polar surface area (TPSA) is 92.4 Å². The lowest BCUT2D eigenvalue weighted by Gasteiger charge is -2.38. The SMILES string of the molecule is CCOC(=O)C1=C(CN2CCN(c3ccc(OC)cc3)CC2)NC(=O)NC1c1ccc(OC(C)C)cc1. The van der Waals surface area contributed by atoms with E-state index in [0.717, 1.165) is 48.9 Å². The van der Waals surface area contributed by atoms with E-state index in [1.807, 2.05) is 50.2 Å². The molecule has 0 bridgehead atoms. The lowest BCUT2D eigenvalue weighted by atomic mass is 9.94. The second kappa shape index (κ2) is 12.0. The third-order valence-corrected chi connectivity index (χ3v) is 6.43. The Kier molecular flexibility index (Phi) is 8.55. The lowest BCUT2D eigenvalue weighted by molar-refractivity contribution is -0.139. The first-order valence-corrected chi connectivity index (χ1v) is 12.7. The first kappa shape index (κ1) is 26.3. The van der Waals surface area contributed by atoms with Crippen molar-refractivity contribution in [3.63, 3.8) is 0 Å². The molecule has 2 aliphatic heterocycles. The summed E-state index contributed by atoms with van der Waals surface area (Å²) in [5.41, 5.74) is 2.94. The molecule has 2 aromatic rings. The van der Waals surface area contributed by atoms with Crippen molar-refractivity contribution < 1.29 is 23.8 Å². The molecule has 2 amide bonds. The molecule has 0 radical (unpaired) electrons. The standard InChI is InChI=1S/C28H36N4O5/c1-5-36-27(33)25-24(18-31-14-16-32(17-15-31)21-8-12-22(35-4)13-9-21)29-28(34)30-26(25)20-6-10-23(11-7-20)37-19(2)3/h6-13,19,26H,5,14-18H2,1-4H3,(H2,29,30,34). The Morgan fingerprint density at radius 3 is 2.24 bits per heavy atom. The van der Waals surface area contributed by atoms with Crippen LogP contribution in [0, 0.1) is 0 Å². The maximum absolute atomic E-state index is 13.1. The van der Waals surface area contributed by atoms with E-state index in [1.165, 1.54) is 0 Å². The average molecular weight is 509 g/mol. The van der Waals surface area contributed by atoms with E-state index in [9.17, 15) is 9.59 Å². The predicted molar refractivity (Wildman–Crippen MR) is 142 cm³/mol. The van der Waals surface area contributed by atoms with Crippen LogP contribution in [0.4, 0.5) is 10.5 Å². The number of carbonyl (C=O) groups excluding carboxylic acids is 2. The number of rotatable bonds is 9. The Morgan fingerprint density at radius 2 is 1.65 bits per heavy atom. The summed E-state index contributed by atoms with van der Waals surface area (Å²) in [5.74, 6) is 1.13. The molecule has 1 saturated heterocycles. The van der Waals surface area contributed by atoms with Gasteiger partial charge >= 0.3 is 12.0 Å². The molecule has 2 heterocycles. The molecule has 9 heteroatoms. The van der Waals surface area contributed by atoms with Gasteiger partial charge in [-0.2, -0.15) is 0 Å². The summed E-state index contributed by atoms with van der Waals surface area (Å²) in [7, 11) is 1.66. The van der Waals surface area contributed by atoms with Crippen molar-refractivity contribution in [3.05, 3.63) is 65.4 Å². The second-order valence-electron chi connectivity index (χ2n) is 9.34. The number of benzene rings is 2. The molecule has 1 unspecified atom stereocenters. The van der Waals surface area contributed by atoms with E-state index >= 15 is 0 Å². The minimum Gasteiger partial charge on any atom is -0.497 e. The molecule has 1 fully saturated rings. The van der Waals surface area contributed by atoms with Gasteiger partial charge in [0, 0.05) is 44.1 Å². The Bertz CT molecular complexity index is 1110. The summed E-state index contributed by atoms with van der Waals surface area (Å²) in [6, 6.07) is 14.5. The van der Waals surface area contributed by atoms with Crippen LogP contribution < -0.4 is 25.0 Å². The zero-order valence-electron chi connectivity index (χ0n) is 22.0. The number of amides is 2. The fourth-order valence-corrected chi connectivity index (χ4v) is 4.63. The van der Waals surface area contributed by atoms with Crippen molar-refractivity contribution >= 4 is 17.7 Å². The van der Waals surface area contributed by atoms with Crippen molar-refractivity contribution in [1.29, 1.82) is 0 Å². The molecule has 2 aromatic carbocycles. The summed E-state index contributed by atoms with van der Waals surface area (Å²) < 4.78 is 16.4. The summed E-state index contributed by atoms with van der Waals surface area (Å²) in [4.78, 5) is 30.3. The predicted octanol–water partition coefficient (Wildman–Crippen LogP) is 3.48. The molecule has 0 saturated carbocycles. The molecule has 4 rings (SSSR count). The van der Waals surface area contributed by atoms with Crippen LogP contribution in [0.2, 0.25) is 0 Å². The maximum atomic E-state index is 13.1. The summed E-state index contributed by atoms with van der Waals surface area (Å²) >= 11 is 0. The van der Waals surface area contributed by atoms with Gasteiger partial charge in [0.05, 0.1) is 31.4 Å². The number of nitrogens with one attached hydrogen (secondary N) is 2. The third-order valence-electron chi connectivity index (χ3n) is 6.43. The van der Waals surface area contributed by atoms with Crippen LogP contribution in [-0.4, -0.2) is 69.4 Å².